The fourth-order valence-corrected chi connectivity index (χ4v) is 8.97. The number of furan rings is 1. The molecule has 0 saturated heterocycles. The van der Waals surface area contributed by atoms with Crippen molar-refractivity contribution in [2.45, 2.75) is 5.41 Å². The highest BCUT2D eigenvalue weighted by Crippen LogP contribution is 2.57. The van der Waals surface area contributed by atoms with Crippen molar-refractivity contribution >= 4 is 43.6 Å². The summed E-state index contributed by atoms with van der Waals surface area (Å²) in [5.41, 5.74) is 14.1. The number of pyridine rings is 1. The van der Waals surface area contributed by atoms with Crippen LogP contribution in [0.2, 0.25) is 0 Å². The SMILES string of the molecule is c1ccc(-c2nc3ccccc3c3c2cc(-c2ccc4c(c2)C(c2ccccc2)(c2ccccc2)c2ccccc2-4)c2oc4ccccc4c23)cc1. The Bertz CT molecular complexity index is 2960. The maximum Gasteiger partial charge on any atom is 0.143 e. The lowest BCUT2D eigenvalue weighted by molar-refractivity contribution is 0.670. The molecule has 1 aliphatic carbocycles. The van der Waals surface area contributed by atoms with E-state index in [1.54, 1.807) is 0 Å². The van der Waals surface area contributed by atoms with Crippen LogP contribution in [0, 0.1) is 0 Å². The largest absolute Gasteiger partial charge is 0.455 e. The molecule has 0 unspecified atom stereocenters. The Labute approximate surface area is 301 Å². The van der Waals surface area contributed by atoms with Crippen LogP contribution in [0.4, 0.5) is 0 Å². The van der Waals surface area contributed by atoms with Crippen LogP contribution in [-0.4, -0.2) is 4.98 Å². The Morgan fingerprint density at radius 1 is 0.404 bits per heavy atom. The summed E-state index contributed by atoms with van der Waals surface area (Å²) in [5, 5.41) is 5.64. The number of aromatic nitrogens is 1. The number of hydrogen-bond acceptors (Lipinski definition) is 2. The van der Waals surface area contributed by atoms with Crippen molar-refractivity contribution in [1.29, 1.82) is 0 Å². The van der Waals surface area contributed by atoms with Crippen molar-refractivity contribution in [3.8, 4) is 33.5 Å². The van der Waals surface area contributed by atoms with E-state index in [4.69, 9.17) is 9.40 Å². The molecule has 10 aromatic rings. The highest BCUT2D eigenvalue weighted by molar-refractivity contribution is 6.30. The predicted octanol–water partition coefficient (Wildman–Crippen LogP) is 13.0. The fraction of sp³-hybridized carbons (Fsp3) is 0.0200. The van der Waals surface area contributed by atoms with E-state index in [-0.39, 0.29) is 0 Å². The first kappa shape index (κ1) is 29.0. The molecular formula is C50H31NO. The first-order valence-electron chi connectivity index (χ1n) is 17.9. The smallest absolute Gasteiger partial charge is 0.143 e. The highest BCUT2D eigenvalue weighted by Gasteiger charge is 2.46. The molecule has 8 aromatic carbocycles. The van der Waals surface area contributed by atoms with E-state index in [2.05, 4.69) is 188 Å². The lowest BCUT2D eigenvalue weighted by Gasteiger charge is -2.34. The Kier molecular flexibility index (Phi) is 6.20. The number of fused-ring (bicyclic) bond motifs is 10. The summed E-state index contributed by atoms with van der Waals surface area (Å²) in [6, 6.07) is 67.8. The van der Waals surface area contributed by atoms with Gasteiger partial charge in [0.25, 0.3) is 0 Å². The molecule has 242 valence electrons. The van der Waals surface area contributed by atoms with Crippen LogP contribution in [0.5, 0.6) is 0 Å². The standard InChI is InChI=1S/C50H31NO/c1-4-16-32(17-5-1)48-41-31-40(49-47(39-24-12-15-27-45(39)52-49)46(41)38-23-11-14-26-44(38)51-48)33-28-29-37-36-22-10-13-25-42(36)50(43(37)30-33,34-18-6-2-7-19-34)35-20-8-3-9-21-35/h1-31H. The number of nitrogens with zero attached hydrogens (tertiary/aromatic N) is 1. The average molecular weight is 662 g/mol. The van der Waals surface area contributed by atoms with Gasteiger partial charge in [-0.3, -0.25) is 0 Å². The van der Waals surface area contributed by atoms with Crippen molar-refractivity contribution in [3.63, 3.8) is 0 Å². The minimum Gasteiger partial charge on any atom is -0.455 e. The molecule has 0 radical (unpaired) electrons. The topological polar surface area (TPSA) is 26.0 Å². The zero-order chi connectivity index (χ0) is 34.2. The molecule has 2 nitrogen and oxygen atoms in total. The first-order chi connectivity index (χ1) is 25.8. The van der Waals surface area contributed by atoms with Gasteiger partial charge >= 0.3 is 0 Å². The maximum atomic E-state index is 6.92. The average Bonchev–Trinajstić information content (AvgIpc) is 3.75. The molecule has 0 fully saturated rings. The summed E-state index contributed by atoms with van der Waals surface area (Å²) in [5.74, 6) is 0. The van der Waals surface area contributed by atoms with Crippen LogP contribution < -0.4 is 0 Å². The van der Waals surface area contributed by atoms with Crippen LogP contribution in [0.25, 0.3) is 77.1 Å². The summed E-state index contributed by atoms with van der Waals surface area (Å²) < 4.78 is 6.92. The Hall–Kier alpha value is -6.77. The quantitative estimate of drug-likeness (QED) is 0.175. The number of para-hydroxylation sites is 2. The normalized spacial score (nSPS) is 13.2. The Balaban J connectivity index is 1.29. The molecule has 0 bridgehead atoms. The molecule has 0 N–H and O–H groups in total. The highest BCUT2D eigenvalue weighted by atomic mass is 16.3. The van der Waals surface area contributed by atoms with Gasteiger partial charge in [-0.15, -0.1) is 0 Å². The fourth-order valence-electron chi connectivity index (χ4n) is 8.97. The van der Waals surface area contributed by atoms with Gasteiger partial charge in [0, 0.05) is 38.1 Å². The zero-order valence-corrected chi connectivity index (χ0v) is 28.3. The van der Waals surface area contributed by atoms with Crippen LogP contribution in [0.1, 0.15) is 22.3 Å². The van der Waals surface area contributed by atoms with E-state index in [1.165, 1.54) is 38.8 Å². The molecule has 1 aliphatic rings. The molecule has 0 saturated carbocycles. The summed E-state index contributed by atoms with van der Waals surface area (Å²) in [4.78, 5) is 5.34. The van der Waals surface area contributed by atoms with Gasteiger partial charge < -0.3 is 4.42 Å². The van der Waals surface area contributed by atoms with E-state index < -0.39 is 5.41 Å². The first-order valence-corrected chi connectivity index (χ1v) is 17.9. The monoisotopic (exact) mass is 661 g/mol. The third-order valence-electron chi connectivity index (χ3n) is 11.1. The van der Waals surface area contributed by atoms with Gasteiger partial charge in [0.05, 0.1) is 16.6 Å². The van der Waals surface area contributed by atoms with Gasteiger partial charge in [0.2, 0.25) is 0 Å². The van der Waals surface area contributed by atoms with Crippen molar-refractivity contribution in [1.82, 2.24) is 4.98 Å². The predicted molar refractivity (Wildman–Crippen MR) is 215 cm³/mol. The number of hydrogen-bond donors (Lipinski definition) is 0. The van der Waals surface area contributed by atoms with Gasteiger partial charge in [0.1, 0.15) is 11.2 Å². The van der Waals surface area contributed by atoms with Gasteiger partial charge in [0.15, 0.2) is 0 Å². The van der Waals surface area contributed by atoms with E-state index in [0.717, 1.165) is 60.6 Å². The van der Waals surface area contributed by atoms with Crippen LogP contribution in [-0.2, 0) is 5.41 Å². The van der Waals surface area contributed by atoms with Gasteiger partial charge in [-0.1, -0.05) is 164 Å². The molecule has 2 heterocycles. The summed E-state index contributed by atoms with van der Waals surface area (Å²) in [6.45, 7) is 0. The molecule has 0 atom stereocenters. The third kappa shape index (κ3) is 3.98. The van der Waals surface area contributed by atoms with Crippen molar-refractivity contribution in [2.75, 3.05) is 0 Å². The Morgan fingerprint density at radius 3 is 1.79 bits per heavy atom. The minimum atomic E-state index is -0.499. The minimum absolute atomic E-state index is 0.499. The molecular weight excluding hydrogens is 631 g/mol. The molecule has 2 aromatic heterocycles. The molecule has 0 spiro atoms. The second-order valence-electron chi connectivity index (χ2n) is 13.8. The molecule has 52 heavy (non-hydrogen) atoms. The third-order valence-corrected chi connectivity index (χ3v) is 11.1. The summed E-state index contributed by atoms with van der Waals surface area (Å²) in [7, 11) is 0. The lowest BCUT2D eigenvalue weighted by atomic mass is 9.67. The van der Waals surface area contributed by atoms with E-state index in [1.807, 2.05) is 0 Å². The van der Waals surface area contributed by atoms with Gasteiger partial charge in [-0.25, -0.2) is 4.98 Å². The molecule has 0 amide bonds. The van der Waals surface area contributed by atoms with Gasteiger partial charge in [-0.2, -0.15) is 0 Å². The van der Waals surface area contributed by atoms with Crippen LogP contribution in [0.3, 0.4) is 0 Å². The van der Waals surface area contributed by atoms with E-state index in [9.17, 15) is 0 Å². The van der Waals surface area contributed by atoms with E-state index >= 15 is 0 Å². The van der Waals surface area contributed by atoms with E-state index in [0.29, 0.717) is 0 Å². The zero-order valence-electron chi connectivity index (χ0n) is 28.3. The molecule has 11 rings (SSSR count). The Morgan fingerprint density at radius 2 is 1.02 bits per heavy atom. The summed E-state index contributed by atoms with van der Waals surface area (Å²) >= 11 is 0. The van der Waals surface area contributed by atoms with Gasteiger partial charge in [-0.05, 0) is 63.2 Å². The maximum absolute atomic E-state index is 6.92. The van der Waals surface area contributed by atoms with Crippen LogP contribution in [0.15, 0.2) is 192 Å². The summed E-state index contributed by atoms with van der Waals surface area (Å²) in [6.07, 6.45) is 0. The van der Waals surface area contributed by atoms with Crippen LogP contribution >= 0.6 is 0 Å². The molecule has 2 heteroatoms. The molecule has 0 aliphatic heterocycles. The van der Waals surface area contributed by atoms with Crippen molar-refractivity contribution in [3.05, 3.63) is 210 Å². The number of benzene rings is 8. The van der Waals surface area contributed by atoms with Crippen molar-refractivity contribution in [2.24, 2.45) is 0 Å². The second kappa shape index (κ2) is 11.1. The lowest BCUT2D eigenvalue weighted by Crippen LogP contribution is -2.28. The van der Waals surface area contributed by atoms with Crippen molar-refractivity contribution < 1.29 is 4.42 Å². The number of rotatable bonds is 4. The second-order valence-corrected chi connectivity index (χ2v) is 13.8.